The molecule has 3 rings (SSSR count). The number of thioether (sulfide) groups is 1. The van der Waals surface area contributed by atoms with Crippen molar-refractivity contribution in [1.29, 1.82) is 0 Å². The molecule has 0 aliphatic carbocycles. The van der Waals surface area contributed by atoms with Gasteiger partial charge in [-0.25, -0.2) is 14.5 Å². The molecular weight excluding hydrogens is 497 g/mol. The first-order valence-corrected chi connectivity index (χ1v) is 13.3. The van der Waals surface area contributed by atoms with Gasteiger partial charge in [-0.05, 0) is 31.4 Å². The standard InChI is InChI=1S/C18H23ClN5O5PS2/c1-9(2)6-12(8-29-30(26,27)28)21-15-14-16(24-18(25)32-14)23-17(22-15)31-10(3)13-5-4-11(19)7-20-13/h4-5,7,9-10,12H,6,8H2,1-3H3,(H2,26,27,28)(H2,21,22,23,24,25)/t10-,12+/m0/s1. The van der Waals surface area contributed by atoms with Gasteiger partial charge < -0.3 is 15.1 Å². The predicted octanol–water partition coefficient (Wildman–Crippen LogP) is 4.22. The van der Waals surface area contributed by atoms with E-state index in [1.807, 2.05) is 26.8 Å². The molecule has 0 bridgehead atoms. The minimum absolute atomic E-state index is 0.0904. The summed E-state index contributed by atoms with van der Waals surface area (Å²) < 4.78 is 16.4. The van der Waals surface area contributed by atoms with Crippen molar-refractivity contribution < 1.29 is 18.9 Å². The van der Waals surface area contributed by atoms with Crippen molar-refractivity contribution in [2.24, 2.45) is 5.92 Å². The summed E-state index contributed by atoms with van der Waals surface area (Å²) in [4.78, 5) is 45.9. The monoisotopic (exact) mass is 519 g/mol. The number of hydrogen-bond acceptors (Lipinski definition) is 9. The minimum atomic E-state index is -4.62. The second-order valence-electron chi connectivity index (χ2n) is 7.47. The van der Waals surface area contributed by atoms with Crippen molar-refractivity contribution in [3.05, 3.63) is 38.7 Å². The van der Waals surface area contributed by atoms with Crippen LogP contribution in [0.4, 0.5) is 5.82 Å². The van der Waals surface area contributed by atoms with E-state index in [9.17, 15) is 9.36 Å². The minimum Gasteiger partial charge on any atom is -0.364 e. The van der Waals surface area contributed by atoms with Crippen molar-refractivity contribution in [1.82, 2.24) is 19.9 Å². The van der Waals surface area contributed by atoms with Gasteiger partial charge in [-0.3, -0.25) is 19.3 Å². The molecule has 0 saturated carbocycles. The van der Waals surface area contributed by atoms with Crippen LogP contribution in [0.2, 0.25) is 5.02 Å². The lowest BCUT2D eigenvalue weighted by molar-refractivity contribution is 0.184. The van der Waals surface area contributed by atoms with Crippen molar-refractivity contribution in [3.63, 3.8) is 0 Å². The number of aromatic amines is 1. The number of nitrogens with zero attached hydrogens (tertiary/aromatic N) is 3. The molecule has 0 radical (unpaired) electrons. The molecular formula is C18H23ClN5O5PS2. The number of H-pyrrole nitrogens is 1. The Morgan fingerprint density at radius 2 is 2.06 bits per heavy atom. The summed E-state index contributed by atoms with van der Waals surface area (Å²) in [6.07, 6.45) is 2.14. The van der Waals surface area contributed by atoms with Gasteiger partial charge in [-0.15, -0.1) is 0 Å². The molecule has 10 nitrogen and oxygen atoms in total. The SMILES string of the molecule is CC(C)C[C@H](COP(=O)(O)O)Nc1nc(S[C@@H](C)c2ccc(Cl)cn2)nc2[nH]c(=O)sc12. The highest BCUT2D eigenvalue weighted by atomic mass is 35.5. The van der Waals surface area contributed by atoms with Gasteiger partial charge in [0.15, 0.2) is 16.6 Å². The van der Waals surface area contributed by atoms with E-state index in [-0.39, 0.29) is 22.6 Å². The van der Waals surface area contributed by atoms with E-state index in [0.717, 1.165) is 17.0 Å². The first kappa shape index (κ1) is 25.1. The van der Waals surface area contributed by atoms with Crippen LogP contribution in [0.25, 0.3) is 10.3 Å². The number of nitrogens with one attached hydrogen (secondary N) is 2. The topological polar surface area (TPSA) is 150 Å². The Kier molecular flexibility index (Phi) is 8.31. The number of anilines is 1. The molecule has 0 fully saturated rings. The highest BCUT2D eigenvalue weighted by Crippen LogP contribution is 2.37. The first-order chi connectivity index (χ1) is 15.0. The maximum Gasteiger partial charge on any atom is 0.469 e. The van der Waals surface area contributed by atoms with Gasteiger partial charge in [0.25, 0.3) is 0 Å². The van der Waals surface area contributed by atoms with Gasteiger partial charge in [0.05, 0.1) is 28.6 Å². The van der Waals surface area contributed by atoms with Crippen LogP contribution in [0.15, 0.2) is 28.3 Å². The summed E-state index contributed by atoms with van der Waals surface area (Å²) >= 11 is 8.23. The van der Waals surface area contributed by atoms with Crippen molar-refractivity contribution in [2.45, 2.75) is 43.6 Å². The Morgan fingerprint density at radius 3 is 2.69 bits per heavy atom. The van der Waals surface area contributed by atoms with Crippen molar-refractivity contribution in [2.75, 3.05) is 11.9 Å². The molecule has 0 spiro atoms. The van der Waals surface area contributed by atoms with Crippen LogP contribution in [0.5, 0.6) is 0 Å². The lowest BCUT2D eigenvalue weighted by atomic mass is 10.0. The molecule has 0 saturated heterocycles. The summed E-state index contributed by atoms with van der Waals surface area (Å²) in [6, 6.07) is 3.14. The number of halogens is 1. The quantitative estimate of drug-likeness (QED) is 0.174. The zero-order valence-corrected chi connectivity index (χ0v) is 20.8. The average molecular weight is 520 g/mol. The molecule has 0 unspecified atom stereocenters. The van der Waals surface area contributed by atoms with Crippen molar-refractivity contribution >= 4 is 58.7 Å². The van der Waals surface area contributed by atoms with Crippen LogP contribution in [-0.4, -0.2) is 42.4 Å². The van der Waals surface area contributed by atoms with Gasteiger partial charge in [-0.2, -0.15) is 0 Å². The van der Waals surface area contributed by atoms with E-state index in [4.69, 9.17) is 25.9 Å². The van der Waals surface area contributed by atoms with E-state index >= 15 is 0 Å². The van der Waals surface area contributed by atoms with E-state index in [1.54, 1.807) is 12.3 Å². The molecule has 0 aliphatic heterocycles. The fourth-order valence-electron chi connectivity index (χ4n) is 2.94. The van der Waals surface area contributed by atoms with Gasteiger partial charge in [-0.1, -0.05) is 48.5 Å². The third-order valence-corrected chi connectivity index (χ3v) is 6.83. The summed E-state index contributed by atoms with van der Waals surface area (Å²) in [5.41, 5.74) is 1.18. The van der Waals surface area contributed by atoms with Gasteiger partial charge in [0, 0.05) is 6.20 Å². The molecule has 3 heterocycles. The molecule has 3 aromatic rings. The van der Waals surface area contributed by atoms with Crippen LogP contribution in [0.3, 0.4) is 0 Å². The molecule has 32 heavy (non-hydrogen) atoms. The number of fused-ring (bicyclic) bond motifs is 1. The van der Waals surface area contributed by atoms with Crippen LogP contribution >= 0.6 is 42.5 Å². The van der Waals surface area contributed by atoms with Gasteiger partial charge >= 0.3 is 12.7 Å². The third-order valence-electron chi connectivity index (χ3n) is 4.25. The largest absolute Gasteiger partial charge is 0.469 e. The van der Waals surface area contributed by atoms with E-state index in [0.29, 0.717) is 32.8 Å². The summed E-state index contributed by atoms with van der Waals surface area (Å²) in [6.45, 7) is 5.70. The fraction of sp³-hybridized carbons (Fsp3) is 0.444. The molecule has 0 amide bonds. The van der Waals surface area contributed by atoms with Gasteiger partial charge in [0.2, 0.25) is 0 Å². The molecule has 0 aromatic carbocycles. The predicted molar refractivity (Wildman–Crippen MR) is 126 cm³/mol. The Morgan fingerprint density at radius 1 is 1.31 bits per heavy atom. The number of aromatic nitrogens is 4. The number of pyridine rings is 1. The molecule has 4 N–H and O–H groups in total. The zero-order chi connectivity index (χ0) is 23.5. The molecule has 14 heteroatoms. The Labute approximate surface area is 197 Å². The highest BCUT2D eigenvalue weighted by molar-refractivity contribution is 7.99. The summed E-state index contributed by atoms with van der Waals surface area (Å²) in [7, 11) is -4.62. The zero-order valence-electron chi connectivity index (χ0n) is 17.5. The first-order valence-electron chi connectivity index (χ1n) is 9.65. The number of hydrogen-bond donors (Lipinski definition) is 4. The van der Waals surface area contributed by atoms with Crippen LogP contribution in [0.1, 0.15) is 38.1 Å². The van der Waals surface area contributed by atoms with E-state index < -0.39 is 13.9 Å². The summed E-state index contributed by atoms with van der Waals surface area (Å²) in [5, 5.41) is 4.05. The van der Waals surface area contributed by atoms with Crippen LogP contribution in [-0.2, 0) is 9.09 Å². The Balaban J connectivity index is 1.89. The fourth-order valence-corrected chi connectivity index (χ4v) is 5.02. The number of phosphoric ester groups is 1. The normalized spacial score (nSPS) is 14.1. The lowest BCUT2D eigenvalue weighted by Gasteiger charge is -2.22. The maximum atomic E-state index is 12.0. The molecule has 2 atom stereocenters. The summed E-state index contributed by atoms with van der Waals surface area (Å²) in [5.74, 6) is 0.622. The lowest BCUT2D eigenvalue weighted by Crippen LogP contribution is -2.27. The number of phosphoric acid groups is 1. The molecule has 3 aromatic heterocycles. The second kappa shape index (κ2) is 10.6. The molecule has 174 valence electrons. The van der Waals surface area contributed by atoms with E-state index in [1.165, 1.54) is 11.8 Å². The highest BCUT2D eigenvalue weighted by Gasteiger charge is 2.22. The van der Waals surface area contributed by atoms with Crippen LogP contribution < -0.4 is 10.2 Å². The Bertz CT molecular complexity index is 1170. The van der Waals surface area contributed by atoms with E-state index in [2.05, 4.69) is 25.3 Å². The van der Waals surface area contributed by atoms with Crippen LogP contribution in [0, 0.1) is 5.92 Å². The van der Waals surface area contributed by atoms with Gasteiger partial charge in [0.1, 0.15) is 4.70 Å². The third kappa shape index (κ3) is 7.24. The number of rotatable bonds is 10. The van der Waals surface area contributed by atoms with Crippen molar-refractivity contribution in [3.8, 4) is 0 Å². The second-order valence-corrected chi connectivity index (χ2v) is 11.4. The smallest absolute Gasteiger partial charge is 0.364 e. The maximum absolute atomic E-state index is 12.0. The average Bonchev–Trinajstić information content (AvgIpc) is 3.06. The number of thiazole rings is 1. The molecule has 0 aliphatic rings. The Hall–Kier alpha value is -1.53.